The maximum atomic E-state index is 12.3. The quantitative estimate of drug-likeness (QED) is 0.0663. The van der Waals surface area contributed by atoms with Crippen LogP contribution in [-0.2, 0) is 9.59 Å². The number of hydrogen-bond acceptors (Lipinski definition) is 3. The molecule has 0 amide bonds. The second kappa shape index (κ2) is 29.1. The molecule has 0 aliphatic carbocycles. The summed E-state index contributed by atoms with van der Waals surface area (Å²) < 4.78 is 110. The predicted octanol–water partition coefficient (Wildman–Crippen LogP) is 10.7. The van der Waals surface area contributed by atoms with E-state index in [1.165, 1.54) is 31.2 Å². The Morgan fingerprint density at radius 1 is 0.717 bits per heavy atom. The van der Waals surface area contributed by atoms with E-state index in [0.717, 1.165) is 24.6 Å². The molecule has 0 aliphatic heterocycles. The molecule has 1 atom stereocenters. The molecule has 1 N–H and O–H groups in total. The SMILES string of the molecule is C=CC/C(=C\CC=C(C)C)C(F)(F)F.C=CC/C(=C\CI)C(F)(F)F.C=CC/C(=C\C[C@H](O)C(C)=O)C(F)(F)F.CC(=O)CCl.[B]. The number of hydrogen-bond donors (Lipinski definition) is 1. The maximum Gasteiger partial charge on any atom is 0.412 e. The van der Waals surface area contributed by atoms with Gasteiger partial charge in [-0.25, -0.2) is 0 Å². The van der Waals surface area contributed by atoms with Gasteiger partial charge in [0.2, 0.25) is 0 Å². The van der Waals surface area contributed by atoms with Crippen molar-refractivity contribution in [2.75, 3.05) is 10.3 Å². The van der Waals surface area contributed by atoms with Crippen molar-refractivity contribution in [1.82, 2.24) is 0 Å². The fourth-order valence-corrected chi connectivity index (χ4v) is 2.89. The Labute approximate surface area is 286 Å². The molecule has 0 spiro atoms. The van der Waals surface area contributed by atoms with E-state index in [-0.39, 0.29) is 45.8 Å². The summed E-state index contributed by atoms with van der Waals surface area (Å²) in [7, 11) is 0. The minimum Gasteiger partial charge on any atom is -0.385 e. The lowest BCUT2D eigenvalue weighted by Crippen LogP contribution is -2.17. The van der Waals surface area contributed by atoms with Gasteiger partial charge in [0.1, 0.15) is 11.9 Å². The number of halogens is 11. The molecule has 0 rings (SSSR count). The van der Waals surface area contributed by atoms with Crippen LogP contribution >= 0.6 is 34.2 Å². The van der Waals surface area contributed by atoms with Gasteiger partial charge in [0.05, 0.1) is 5.88 Å². The first kappa shape index (κ1) is 53.4. The largest absolute Gasteiger partial charge is 0.412 e. The van der Waals surface area contributed by atoms with Gasteiger partial charge in [0.15, 0.2) is 5.78 Å². The summed E-state index contributed by atoms with van der Waals surface area (Å²) in [6.45, 7) is 16.0. The zero-order valence-electron chi connectivity index (χ0n) is 26.2. The third-order valence-electron chi connectivity index (χ3n) is 4.64. The van der Waals surface area contributed by atoms with Crippen molar-refractivity contribution in [2.24, 2.45) is 0 Å². The van der Waals surface area contributed by atoms with Crippen LogP contribution in [0.5, 0.6) is 0 Å². The minimum atomic E-state index is -4.44. The van der Waals surface area contributed by atoms with Crippen molar-refractivity contribution >= 4 is 54.2 Å². The lowest BCUT2D eigenvalue weighted by molar-refractivity contribution is -0.124. The third kappa shape index (κ3) is 34.8. The summed E-state index contributed by atoms with van der Waals surface area (Å²) in [5, 5.41) is 9.02. The molecule has 0 saturated carbocycles. The second-order valence-electron chi connectivity index (χ2n) is 9.03. The summed E-state index contributed by atoms with van der Waals surface area (Å²) in [6, 6.07) is 0. The molecule has 0 saturated heterocycles. The van der Waals surface area contributed by atoms with Crippen molar-refractivity contribution in [1.29, 1.82) is 0 Å². The number of aliphatic hydroxyl groups is 1. The lowest BCUT2D eigenvalue weighted by Gasteiger charge is -2.10. The Morgan fingerprint density at radius 2 is 1.04 bits per heavy atom. The molecule has 0 fully saturated rings. The Hall–Kier alpha value is -2.07. The molecule has 263 valence electrons. The van der Waals surface area contributed by atoms with Gasteiger partial charge in [0.25, 0.3) is 0 Å². The molecule has 0 aliphatic rings. The zero-order valence-corrected chi connectivity index (χ0v) is 29.1. The van der Waals surface area contributed by atoms with Gasteiger partial charge >= 0.3 is 18.5 Å². The lowest BCUT2D eigenvalue weighted by atomic mass is 10.1. The molecular weight excluding hydrogens is 764 g/mol. The van der Waals surface area contributed by atoms with Crippen molar-refractivity contribution in [3.63, 3.8) is 0 Å². The number of carbonyl (C=O) groups is 2. The smallest absolute Gasteiger partial charge is 0.385 e. The van der Waals surface area contributed by atoms with Gasteiger partial charge in [-0.15, -0.1) is 31.3 Å². The van der Waals surface area contributed by atoms with Gasteiger partial charge in [0, 0.05) is 29.6 Å². The Kier molecular flexibility index (Phi) is 33.8. The van der Waals surface area contributed by atoms with E-state index in [1.807, 2.05) is 36.4 Å². The molecular formula is C31H41BClF9IO3. The topological polar surface area (TPSA) is 54.4 Å². The van der Waals surface area contributed by atoms with Crippen LogP contribution in [-0.4, -0.2) is 60.0 Å². The van der Waals surface area contributed by atoms with Gasteiger partial charge in [-0.05, 0) is 59.8 Å². The van der Waals surface area contributed by atoms with Crippen LogP contribution in [0.1, 0.15) is 59.8 Å². The molecule has 3 radical (unpaired) electrons. The van der Waals surface area contributed by atoms with Crippen LogP contribution in [0.4, 0.5) is 39.5 Å². The highest BCUT2D eigenvalue weighted by atomic mass is 127. The third-order valence-corrected chi connectivity index (χ3v) is 5.46. The summed E-state index contributed by atoms with van der Waals surface area (Å²) in [5.41, 5.74) is -0.814. The van der Waals surface area contributed by atoms with Crippen LogP contribution in [0, 0.1) is 0 Å². The van der Waals surface area contributed by atoms with Gasteiger partial charge in [-0.2, -0.15) is 39.5 Å². The van der Waals surface area contributed by atoms with Gasteiger partial charge in [-0.1, -0.05) is 70.7 Å². The van der Waals surface area contributed by atoms with E-state index in [4.69, 9.17) is 16.7 Å². The number of Topliss-reactive ketones (excluding diaryl/α,β-unsaturated/α-hetero) is 2. The van der Waals surface area contributed by atoms with Crippen molar-refractivity contribution in [3.8, 4) is 0 Å². The van der Waals surface area contributed by atoms with E-state index in [2.05, 4.69) is 19.7 Å². The Morgan fingerprint density at radius 3 is 1.28 bits per heavy atom. The van der Waals surface area contributed by atoms with Crippen LogP contribution in [0.3, 0.4) is 0 Å². The van der Waals surface area contributed by atoms with E-state index < -0.39 is 47.1 Å². The summed E-state index contributed by atoms with van der Waals surface area (Å²) in [5.74, 6) is -0.391. The number of ketones is 2. The molecule has 15 heteroatoms. The fourth-order valence-electron chi connectivity index (χ4n) is 2.36. The maximum absolute atomic E-state index is 12.3. The number of aliphatic hydroxyl groups excluding tert-OH is 1. The zero-order chi connectivity index (χ0) is 36.4. The van der Waals surface area contributed by atoms with E-state index in [1.54, 1.807) is 6.08 Å². The minimum absolute atomic E-state index is 0. The second-order valence-corrected chi connectivity index (χ2v) is 10.2. The summed E-state index contributed by atoms with van der Waals surface area (Å²) in [6.07, 6.45) is -6.18. The van der Waals surface area contributed by atoms with Gasteiger partial charge < -0.3 is 5.11 Å². The fraction of sp³-hybridized carbons (Fsp3) is 0.484. The first-order valence-corrected chi connectivity index (χ1v) is 15.1. The molecule has 0 aromatic rings. The average Bonchev–Trinajstić information content (AvgIpc) is 2.89. The van der Waals surface area contributed by atoms with Gasteiger partial charge in [-0.3, -0.25) is 9.59 Å². The Bertz CT molecular complexity index is 1020. The predicted molar refractivity (Wildman–Crippen MR) is 178 cm³/mol. The van der Waals surface area contributed by atoms with E-state index in [0.29, 0.717) is 10.8 Å². The van der Waals surface area contributed by atoms with E-state index >= 15 is 0 Å². The monoisotopic (exact) mass is 805 g/mol. The molecule has 0 unspecified atom stereocenters. The molecule has 0 heterocycles. The highest BCUT2D eigenvalue weighted by Gasteiger charge is 2.33. The molecule has 3 nitrogen and oxygen atoms in total. The molecule has 0 bridgehead atoms. The first-order valence-electron chi connectivity index (χ1n) is 13.0. The number of rotatable bonds is 13. The van der Waals surface area contributed by atoms with Crippen LogP contribution < -0.4 is 0 Å². The van der Waals surface area contributed by atoms with Crippen LogP contribution in [0.25, 0.3) is 0 Å². The highest BCUT2D eigenvalue weighted by molar-refractivity contribution is 14.1. The molecule has 0 aromatic heterocycles. The van der Waals surface area contributed by atoms with Crippen LogP contribution in [0.15, 0.2) is 84.6 Å². The van der Waals surface area contributed by atoms with Crippen molar-refractivity contribution < 1.29 is 54.2 Å². The highest BCUT2D eigenvalue weighted by Crippen LogP contribution is 2.30. The molecule has 0 aromatic carbocycles. The number of alkyl halides is 11. The average molecular weight is 806 g/mol. The Balaban J connectivity index is -0.000000170. The van der Waals surface area contributed by atoms with Crippen LogP contribution in [0.2, 0.25) is 0 Å². The normalized spacial score (nSPS) is 12.7. The van der Waals surface area contributed by atoms with Crippen molar-refractivity contribution in [2.45, 2.75) is 84.4 Å². The standard InChI is InChI=1S/C11H15F3.C10H13F3O2.C7H8F3I.C3H5ClO.B/c1-4-6-10(11(12,13)14)8-5-7-9(2)3;1-3-4-8(10(11,12)13)5-6-9(15)7(2)14;1-2-3-6(4-5-11)7(8,9)10;1-3(5)2-4;/h4,7-8H,1,5-6H2,2-3H3;3,5,9,15H,1,4,6H2,2H3;2,4H,1,3,5H2;2H2,1H3;/b10-8+;8-5+;6-4+;;/t;9-;;;/m.0.../s1. The molecule has 46 heavy (non-hydrogen) atoms. The summed E-state index contributed by atoms with van der Waals surface area (Å²) >= 11 is 6.86. The number of allylic oxidation sites excluding steroid dienone is 10. The van der Waals surface area contributed by atoms with Crippen molar-refractivity contribution in [3.05, 3.63) is 84.6 Å². The summed E-state index contributed by atoms with van der Waals surface area (Å²) in [4.78, 5) is 20.3. The number of carbonyl (C=O) groups excluding carboxylic acids is 2. The van der Waals surface area contributed by atoms with E-state index in [9.17, 15) is 49.1 Å². The first-order chi connectivity index (χ1) is 20.5.